The van der Waals surface area contributed by atoms with Gasteiger partial charge in [-0.05, 0) is 13.3 Å². The zero-order valence-electron chi connectivity index (χ0n) is 12.6. The Hall–Kier alpha value is -0.960. The number of piperazine rings is 1. The van der Waals surface area contributed by atoms with Gasteiger partial charge in [-0.15, -0.1) is 0 Å². The predicted octanol–water partition coefficient (Wildman–Crippen LogP) is -0.603. The molecule has 1 aromatic rings. The van der Waals surface area contributed by atoms with E-state index >= 15 is 0 Å². The zero-order chi connectivity index (χ0) is 15.0. The summed E-state index contributed by atoms with van der Waals surface area (Å²) in [6.07, 6.45) is 2.38. The van der Waals surface area contributed by atoms with Crippen LogP contribution >= 0.6 is 0 Å². The smallest absolute Gasteiger partial charge is 0.246 e. The monoisotopic (exact) mass is 313 g/mol. The molecule has 7 nitrogen and oxygen atoms in total. The molecule has 3 rings (SSSR count). The average molecular weight is 313 g/mol. The van der Waals surface area contributed by atoms with Crippen molar-refractivity contribution in [3.8, 4) is 0 Å². The number of nitrogens with zero attached hydrogens (tertiary/aromatic N) is 4. The van der Waals surface area contributed by atoms with Crippen molar-refractivity contribution in [1.29, 1.82) is 0 Å². The highest BCUT2D eigenvalue weighted by Crippen LogP contribution is 2.25. The third-order valence-corrected chi connectivity index (χ3v) is 6.57. The number of sulfonamides is 1. The molecule has 1 N–H and O–H groups in total. The summed E-state index contributed by atoms with van der Waals surface area (Å²) in [5.74, 6) is 0. The first-order valence-corrected chi connectivity index (χ1v) is 8.87. The molecule has 1 unspecified atom stereocenters. The Bertz CT molecular complexity index is 606. The van der Waals surface area contributed by atoms with Gasteiger partial charge >= 0.3 is 0 Å². The fraction of sp³-hybridized carbons (Fsp3) is 0.769. The summed E-state index contributed by atoms with van der Waals surface area (Å²) in [6.45, 7) is 6.98. The van der Waals surface area contributed by atoms with Gasteiger partial charge in [0.15, 0.2) is 0 Å². The summed E-state index contributed by atoms with van der Waals surface area (Å²) in [6, 6.07) is 0.346. The van der Waals surface area contributed by atoms with E-state index in [2.05, 4.69) is 15.3 Å². The molecule has 2 aliphatic rings. The van der Waals surface area contributed by atoms with Crippen LogP contribution in [0.25, 0.3) is 0 Å². The second-order valence-electron chi connectivity index (χ2n) is 5.81. The van der Waals surface area contributed by atoms with Crippen LogP contribution in [0.5, 0.6) is 0 Å². The summed E-state index contributed by atoms with van der Waals surface area (Å²) in [5, 5.41) is 7.39. The highest BCUT2D eigenvalue weighted by molar-refractivity contribution is 7.89. The largest absolute Gasteiger partial charge is 0.314 e. The SMILES string of the molecule is Cc1c(S(=O)(=O)N2CCC(N3CCNCC3)C2)cnn1C. The molecule has 0 aromatic carbocycles. The molecule has 2 saturated heterocycles. The Labute approximate surface area is 126 Å². The molecule has 21 heavy (non-hydrogen) atoms. The number of aryl methyl sites for hydroxylation is 1. The molecule has 1 aromatic heterocycles. The molecular formula is C13H23N5O2S. The summed E-state index contributed by atoms with van der Waals surface area (Å²) in [4.78, 5) is 2.74. The lowest BCUT2D eigenvalue weighted by atomic mass is 10.2. The topological polar surface area (TPSA) is 70.5 Å². The van der Waals surface area contributed by atoms with E-state index in [-0.39, 0.29) is 0 Å². The lowest BCUT2D eigenvalue weighted by Crippen LogP contribution is -2.49. The van der Waals surface area contributed by atoms with E-state index in [0.29, 0.717) is 29.7 Å². The Morgan fingerprint density at radius 1 is 1.29 bits per heavy atom. The van der Waals surface area contributed by atoms with E-state index in [0.717, 1.165) is 32.6 Å². The normalized spacial score (nSPS) is 25.5. The van der Waals surface area contributed by atoms with Crippen molar-refractivity contribution in [1.82, 2.24) is 24.3 Å². The third kappa shape index (κ3) is 2.73. The maximum absolute atomic E-state index is 12.7. The van der Waals surface area contributed by atoms with Crippen molar-refractivity contribution in [2.24, 2.45) is 7.05 Å². The summed E-state index contributed by atoms with van der Waals surface area (Å²) >= 11 is 0. The van der Waals surface area contributed by atoms with Crippen LogP contribution in [0.15, 0.2) is 11.1 Å². The molecule has 0 bridgehead atoms. The minimum absolute atomic E-state index is 0.339. The van der Waals surface area contributed by atoms with Crippen LogP contribution in [-0.2, 0) is 17.1 Å². The van der Waals surface area contributed by atoms with Gasteiger partial charge in [-0.3, -0.25) is 9.58 Å². The predicted molar refractivity (Wildman–Crippen MR) is 79.6 cm³/mol. The second-order valence-corrected chi connectivity index (χ2v) is 7.72. The van der Waals surface area contributed by atoms with E-state index in [1.54, 1.807) is 23.0 Å². The number of nitrogens with one attached hydrogen (secondary N) is 1. The van der Waals surface area contributed by atoms with E-state index in [4.69, 9.17) is 0 Å². The highest BCUT2D eigenvalue weighted by atomic mass is 32.2. The zero-order valence-corrected chi connectivity index (χ0v) is 13.4. The van der Waals surface area contributed by atoms with Crippen molar-refractivity contribution >= 4 is 10.0 Å². The molecule has 8 heteroatoms. The first kappa shape index (κ1) is 15.0. The molecule has 0 saturated carbocycles. The Morgan fingerprint density at radius 2 is 2.00 bits per heavy atom. The Kier molecular flexibility index (Phi) is 4.04. The van der Waals surface area contributed by atoms with Crippen LogP contribution in [0.3, 0.4) is 0 Å². The van der Waals surface area contributed by atoms with Gasteiger partial charge in [0.05, 0.1) is 11.9 Å². The van der Waals surface area contributed by atoms with Crippen molar-refractivity contribution in [3.05, 3.63) is 11.9 Å². The molecule has 3 heterocycles. The van der Waals surface area contributed by atoms with Gasteiger partial charge in [-0.2, -0.15) is 9.40 Å². The molecule has 2 fully saturated rings. The van der Waals surface area contributed by atoms with Crippen LogP contribution in [0.4, 0.5) is 0 Å². The van der Waals surface area contributed by atoms with Gasteiger partial charge in [-0.1, -0.05) is 0 Å². The molecule has 0 spiro atoms. The van der Waals surface area contributed by atoms with Gasteiger partial charge in [0.25, 0.3) is 0 Å². The number of hydrogen-bond acceptors (Lipinski definition) is 5. The fourth-order valence-corrected chi connectivity index (χ4v) is 4.82. The van der Waals surface area contributed by atoms with E-state index in [1.807, 2.05) is 0 Å². The van der Waals surface area contributed by atoms with Crippen LogP contribution < -0.4 is 5.32 Å². The number of aromatic nitrogens is 2. The lowest BCUT2D eigenvalue weighted by Gasteiger charge is -2.32. The summed E-state index contributed by atoms with van der Waals surface area (Å²) < 4.78 is 28.7. The highest BCUT2D eigenvalue weighted by Gasteiger charge is 2.36. The molecule has 2 aliphatic heterocycles. The fourth-order valence-electron chi connectivity index (χ4n) is 3.15. The van der Waals surface area contributed by atoms with E-state index < -0.39 is 10.0 Å². The molecule has 0 amide bonds. The average Bonchev–Trinajstić information content (AvgIpc) is 3.09. The number of rotatable bonds is 3. The standard InChI is InChI=1S/C13H23N5O2S/c1-11-13(9-15-16(11)2)21(19,20)18-6-3-12(10-18)17-7-4-14-5-8-17/h9,12,14H,3-8,10H2,1-2H3. The third-order valence-electron chi connectivity index (χ3n) is 4.60. The van der Waals surface area contributed by atoms with Gasteiger partial charge in [-0.25, -0.2) is 8.42 Å². The minimum atomic E-state index is -3.41. The number of hydrogen-bond donors (Lipinski definition) is 1. The summed E-state index contributed by atoms with van der Waals surface area (Å²) in [5.41, 5.74) is 0.695. The first-order chi connectivity index (χ1) is 10.00. The van der Waals surface area contributed by atoms with Crippen molar-refractivity contribution in [3.63, 3.8) is 0 Å². The summed E-state index contributed by atoms with van der Waals surface area (Å²) in [7, 11) is -1.65. The van der Waals surface area contributed by atoms with Crippen molar-refractivity contribution in [2.45, 2.75) is 24.3 Å². The van der Waals surface area contributed by atoms with Crippen LogP contribution in [-0.4, -0.2) is 72.7 Å². The second kappa shape index (κ2) is 5.68. The molecule has 0 radical (unpaired) electrons. The molecule has 118 valence electrons. The lowest BCUT2D eigenvalue weighted by molar-refractivity contribution is 0.179. The van der Waals surface area contributed by atoms with Gasteiger partial charge in [0.2, 0.25) is 10.0 Å². The van der Waals surface area contributed by atoms with Gasteiger partial charge in [0, 0.05) is 52.4 Å². The van der Waals surface area contributed by atoms with Crippen LogP contribution in [0.1, 0.15) is 12.1 Å². The maximum Gasteiger partial charge on any atom is 0.246 e. The minimum Gasteiger partial charge on any atom is -0.314 e. The van der Waals surface area contributed by atoms with Crippen LogP contribution in [0.2, 0.25) is 0 Å². The Morgan fingerprint density at radius 3 is 2.62 bits per heavy atom. The van der Waals surface area contributed by atoms with Crippen molar-refractivity contribution in [2.75, 3.05) is 39.3 Å². The molecular weight excluding hydrogens is 290 g/mol. The van der Waals surface area contributed by atoms with Gasteiger partial charge in [0.1, 0.15) is 4.90 Å². The molecule has 0 aliphatic carbocycles. The first-order valence-electron chi connectivity index (χ1n) is 7.43. The van der Waals surface area contributed by atoms with E-state index in [1.165, 1.54) is 6.20 Å². The van der Waals surface area contributed by atoms with E-state index in [9.17, 15) is 8.42 Å². The van der Waals surface area contributed by atoms with Crippen LogP contribution in [0, 0.1) is 6.92 Å². The van der Waals surface area contributed by atoms with Crippen molar-refractivity contribution < 1.29 is 8.42 Å². The molecule has 1 atom stereocenters. The maximum atomic E-state index is 12.7. The van der Waals surface area contributed by atoms with Gasteiger partial charge < -0.3 is 5.32 Å². The Balaban J connectivity index is 1.74. The quantitative estimate of drug-likeness (QED) is 0.807.